The molecule has 0 radical (unpaired) electrons. The number of halogens is 2. The van der Waals surface area contributed by atoms with Crippen LogP contribution in [0.4, 0.5) is 4.39 Å². The Morgan fingerprint density at radius 1 is 1.37 bits per heavy atom. The van der Waals surface area contributed by atoms with Crippen molar-refractivity contribution in [2.75, 3.05) is 0 Å². The van der Waals surface area contributed by atoms with Crippen LogP contribution < -0.4 is 4.74 Å². The van der Waals surface area contributed by atoms with Gasteiger partial charge in [0.2, 0.25) is 0 Å². The summed E-state index contributed by atoms with van der Waals surface area (Å²) < 4.78 is 20.7. The van der Waals surface area contributed by atoms with Crippen LogP contribution >= 0.6 is 15.9 Å². The predicted molar refractivity (Wildman–Crippen MR) is 73.7 cm³/mol. The molecule has 0 spiro atoms. The molecule has 1 aromatic carbocycles. The molecule has 0 bridgehead atoms. The van der Waals surface area contributed by atoms with Gasteiger partial charge in [0.15, 0.2) is 5.82 Å². The fourth-order valence-electron chi connectivity index (χ4n) is 1.73. The van der Waals surface area contributed by atoms with Gasteiger partial charge in [-0.3, -0.25) is 0 Å². The van der Waals surface area contributed by atoms with E-state index in [1.165, 1.54) is 18.5 Å². The molecule has 0 amide bonds. The van der Waals surface area contributed by atoms with Gasteiger partial charge in [0.1, 0.15) is 24.5 Å². The van der Waals surface area contributed by atoms with Crippen molar-refractivity contribution in [3.05, 3.63) is 41.7 Å². The van der Waals surface area contributed by atoms with Crippen LogP contribution in [0.2, 0.25) is 0 Å². The lowest BCUT2D eigenvalue weighted by Crippen LogP contribution is -2.08. The minimum Gasteiger partial charge on any atom is -0.486 e. The zero-order valence-corrected chi connectivity index (χ0v) is 12.2. The normalized spacial score (nSPS) is 10.7. The van der Waals surface area contributed by atoms with Gasteiger partial charge < -0.3 is 4.74 Å². The zero-order chi connectivity index (χ0) is 13.7. The molecule has 0 aliphatic heterocycles. The van der Waals surface area contributed by atoms with Gasteiger partial charge in [0.25, 0.3) is 0 Å². The monoisotopic (exact) mass is 327 g/mol. The Labute approximate surface area is 119 Å². The Hall–Kier alpha value is -1.43. The topological polar surface area (TPSA) is 39.9 Å². The van der Waals surface area contributed by atoms with E-state index < -0.39 is 0 Å². The number of benzene rings is 1. The van der Waals surface area contributed by atoms with Crippen molar-refractivity contribution in [3.63, 3.8) is 0 Å². The van der Waals surface area contributed by atoms with E-state index in [1.807, 2.05) is 0 Å². The molecule has 0 saturated heterocycles. The standard InChI is InChI=1S/C13H15BrFN3O/c1-2-3-18-13(16-9-17-18)8-19-12-5-10(7-14)4-11(15)6-12/h4-6,9H,2-3,7-8H2,1H3. The highest BCUT2D eigenvalue weighted by Crippen LogP contribution is 2.19. The van der Waals surface area contributed by atoms with E-state index in [0.29, 0.717) is 11.1 Å². The molecule has 0 fully saturated rings. The summed E-state index contributed by atoms with van der Waals surface area (Å²) in [5, 5.41) is 4.70. The average Bonchev–Trinajstić information content (AvgIpc) is 2.83. The van der Waals surface area contributed by atoms with Gasteiger partial charge in [-0.1, -0.05) is 22.9 Å². The van der Waals surface area contributed by atoms with Crippen molar-refractivity contribution in [1.82, 2.24) is 14.8 Å². The Kier molecular flexibility index (Phi) is 4.90. The Balaban J connectivity index is 2.05. The maximum absolute atomic E-state index is 13.3. The van der Waals surface area contributed by atoms with Crippen LogP contribution in [0.25, 0.3) is 0 Å². The first kappa shape index (κ1) is 14.0. The van der Waals surface area contributed by atoms with Crippen LogP contribution in [0.1, 0.15) is 24.7 Å². The van der Waals surface area contributed by atoms with Crippen molar-refractivity contribution in [2.24, 2.45) is 0 Å². The average molecular weight is 328 g/mol. The molecule has 2 rings (SSSR count). The molecule has 0 N–H and O–H groups in total. The smallest absolute Gasteiger partial charge is 0.164 e. The Bertz CT molecular complexity index is 544. The Morgan fingerprint density at radius 2 is 2.21 bits per heavy atom. The van der Waals surface area contributed by atoms with Gasteiger partial charge in [-0.2, -0.15) is 5.10 Å². The number of nitrogens with zero attached hydrogens (tertiary/aromatic N) is 3. The molecule has 2 aromatic rings. The molecule has 1 heterocycles. The molecule has 0 aliphatic carbocycles. The van der Waals surface area contributed by atoms with E-state index in [0.717, 1.165) is 24.4 Å². The highest BCUT2D eigenvalue weighted by atomic mass is 79.9. The maximum Gasteiger partial charge on any atom is 0.164 e. The molecule has 4 nitrogen and oxygen atoms in total. The number of rotatable bonds is 6. The third kappa shape index (κ3) is 3.76. The molecule has 0 aliphatic rings. The third-order valence-electron chi connectivity index (χ3n) is 2.58. The lowest BCUT2D eigenvalue weighted by atomic mass is 10.2. The SMILES string of the molecule is CCCn1ncnc1COc1cc(F)cc(CBr)c1. The number of ether oxygens (including phenoxy) is 1. The minimum atomic E-state index is -0.304. The van der Waals surface area contributed by atoms with Crippen LogP contribution in [0, 0.1) is 5.82 Å². The summed E-state index contributed by atoms with van der Waals surface area (Å²) in [6.45, 7) is 3.15. The zero-order valence-electron chi connectivity index (χ0n) is 10.6. The Morgan fingerprint density at radius 3 is 2.95 bits per heavy atom. The van der Waals surface area contributed by atoms with Crippen molar-refractivity contribution in [3.8, 4) is 5.75 Å². The largest absolute Gasteiger partial charge is 0.486 e. The summed E-state index contributed by atoms with van der Waals surface area (Å²) in [6, 6.07) is 4.65. The summed E-state index contributed by atoms with van der Waals surface area (Å²) in [5.41, 5.74) is 0.838. The summed E-state index contributed by atoms with van der Waals surface area (Å²) >= 11 is 3.30. The molecule has 6 heteroatoms. The second kappa shape index (κ2) is 6.65. The van der Waals surface area contributed by atoms with Gasteiger partial charge in [-0.25, -0.2) is 14.1 Å². The number of alkyl halides is 1. The van der Waals surface area contributed by atoms with Crippen LogP contribution in [-0.4, -0.2) is 14.8 Å². The van der Waals surface area contributed by atoms with Crippen LogP contribution in [0.15, 0.2) is 24.5 Å². The minimum absolute atomic E-state index is 0.283. The first-order valence-electron chi connectivity index (χ1n) is 6.08. The summed E-state index contributed by atoms with van der Waals surface area (Å²) in [6.07, 6.45) is 2.48. The molecule has 0 atom stereocenters. The highest BCUT2D eigenvalue weighted by molar-refractivity contribution is 9.08. The molecule has 19 heavy (non-hydrogen) atoms. The van der Waals surface area contributed by atoms with Crippen molar-refractivity contribution >= 4 is 15.9 Å². The fourth-order valence-corrected chi connectivity index (χ4v) is 2.05. The van der Waals surface area contributed by atoms with Crippen molar-refractivity contribution in [1.29, 1.82) is 0 Å². The third-order valence-corrected chi connectivity index (χ3v) is 3.23. The quantitative estimate of drug-likeness (QED) is 0.764. The van der Waals surface area contributed by atoms with Gasteiger partial charge in [0.05, 0.1) is 0 Å². The number of aryl methyl sites for hydroxylation is 1. The van der Waals surface area contributed by atoms with Crippen molar-refractivity contribution in [2.45, 2.75) is 31.8 Å². The van der Waals surface area contributed by atoms with E-state index in [1.54, 1.807) is 10.7 Å². The van der Waals surface area contributed by atoms with E-state index in [9.17, 15) is 4.39 Å². The van der Waals surface area contributed by atoms with E-state index in [4.69, 9.17) is 4.74 Å². The van der Waals surface area contributed by atoms with Crippen LogP contribution in [0.5, 0.6) is 5.75 Å². The lowest BCUT2D eigenvalue weighted by molar-refractivity contribution is 0.284. The summed E-state index contributed by atoms with van der Waals surface area (Å²) in [5.74, 6) is 0.939. The predicted octanol–water partition coefficient (Wildman–Crippen LogP) is 3.30. The maximum atomic E-state index is 13.3. The molecule has 1 aromatic heterocycles. The van der Waals surface area contributed by atoms with Crippen LogP contribution in [-0.2, 0) is 18.5 Å². The summed E-state index contributed by atoms with van der Waals surface area (Å²) in [4.78, 5) is 4.14. The van der Waals surface area contributed by atoms with Crippen molar-refractivity contribution < 1.29 is 9.13 Å². The second-order valence-corrected chi connectivity index (χ2v) is 4.68. The molecular weight excluding hydrogens is 313 g/mol. The van der Waals surface area contributed by atoms with Gasteiger partial charge >= 0.3 is 0 Å². The van der Waals surface area contributed by atoms with Crippen LogP contribution in [0.3, 0.4) is 0 Å². The highest BCUT2D eigenvalue weighted by Gasteiger charge is 2.06. The molecule has 102 valence electrons. The molecule has 0 saturated carbocycles. The lowest BCUT2D eigenvalue weighted by Gasteiger charge is -2.08. The van der Waals surface area contributed by atoms with Gasteiger partial charge in [0, 0.05) is 17.9 Å². The fraction of sp³-hybridized carbons (Fsp3) is 0.385. The number of hydrogen-bond donors (Lipinski definition) is 0. The first-order valence-corrected chi connectivity index (χ1v) is 7.20. The number of aromatic nitrogens is 3. The van der Waals surface area contributed by atoms with E-state index in [-0.39, 0.29) is 12.4 Å². The number of hydrogen-bond acceptors (Lipinski definition) is 3. The van der Waals surface area contributed by atoms with Gasteiger partial charge in [-0.15, -0.1) is 0 Å². The first-order chi connectivity index (χ1) is 9.22. The van der Waals surface area contributed by atoms with E-state index in [2.05, 4.69) is 32.9 Å². The van der Waals surface area contributed by atoms with Gasteiger partial charge in [-0.05, 0) is 24.1 Å². The molecular formula is C13H15BrFN3O. The molecule has 0 unspecified atom stereocenters. The van der Waals surface area contributed by atoms with E-state index >= 15 is 0 Å². The summed E-state index contributed by atoms with van der Waals surface area (Å²) in [7, 11) is 0. The second-order valence-electron chi connectivity index (χ2n) is 4.12.